The molecule has 0 saturated heterocycles. The van der Waals surface area contributed by atoms with Gasteiger partial charge in [-0.1, -0.05) is 55.8 Å². The third-order valence-corrected chi connectivity index (χ3v) is 6.95. The number of carbonyl (C=O) groups is 2. The lowest BCUT2D eigenvalue weighted by atomic mass is 10.1. The van der Waals surface area contributed by atoms with E-state index in [2.05, 4.69) is 23.3 Å². The Morgan fingerprint density at radius 1 is 0.875 bits per heavy atom. The zero-order chi connectivity index (χ0) is 28.3. The molecule has 0 spiro atoms. The molecule has 0 unspecified atom stereocenters. The van der Waals surface area contributed by atoms with Gasteiger partial charge in [0.05, 0.1) is 19.9 Å². The van der Waals surface area contributed by atoms with Crippen LogP contribution in [-0.4, -0.2) is 60.6 Å². The van der Waals surface area contributed by atoms with Crippen molar-refractivity contribution in [2.24, 2.45) is 0 Å². The van der Waals surface area contributed by atoms with Crippen molar-refractivity contribution in [2.45, 2.75) is 32.7 Å². The van der Waals surface area contributed by atoms with Crippen molar-refractivity contribution < 1.29 is 19.1 Å². The van der Waals surface area contributed by atoms with Gasteiger partial charge >= 0.3 is 6.03 Å². The monoisotopic (exact) mass is 542 g/mol. The maximum absolute atomic E-state index is 13.8. The number of aromatic amines is 1. The van der Waals surface area contributed by atoms with Crippen LogP contribution >= 0.6 is 0 Å². The van der Waals surface area contributed by atoms with Crippen molar-refractivity contribution in [3.8, 4) is 11.5 Å². The number of aromatic nitrogens is 1. The van der Waals surface area contributed by atoms with E-state index in [-0.39, 0.29) is 18.5 Å². The third kappa shape index (κ3) is 7.34. The number of nitrogens with one attached hydrogen (secondary N) is 2. The maximum atomic E-state index is 13.8. The molecule has 2 N–H and O–H groups in total. The molecular weight excluding hydrogens is 504 g/mol. The van der Waals surface area contributed by atoms with Crippen molar-refractivity contribution >= 4 is 28.5 Å². The number of rotatable bonds is 13. The van der Waals surface area contributed by atoms with Crippen LogP contribution in [0.4, 0.5) is 10.5 Å². The maximum Gasteiger partial charge on any atom is 0.322 e. The summed E-state index contributed by atoms with van der Waals surface area (Å²) >= 11 is 0. The molecule has 210 valence electrons. The van der Waals surface area contributed by atoms with Crippen LogP contribution < -0.4 is 14.8 Å². The molecule has 0 aliphatic rings. The molecule has 0 atom stereocenters. The van der Waals surface area contributed by atoms with E-state index < -0.39 is 0 Å². The normalized spacial score (nSPS) is 10.8. The fourth-order valence-electron chi connectivity index (χ4n) is 4.64. The van der Waals surface area contributed by atoms with Crippen LogP contribution in [0, 0.1) is 0 Å². The van der Waals surface area contributed by atoms with Crippen molar-refractivity contribution in [3.05, 3.63) is 90.1 Å². The number of fused-ring (bicyclic) bond motifs is 1. The van der Waals surface area contributed by atoms with E-state index in [1.165, 1.54) is 0 Å². The van der Waals surface area contributed by atoms with Gasteiger partial charge in [-0.15, -0.1) is 0 Å². The van der Waals surface area contributed by atoms with Crippen LogP contribution in [0.25, 0.3) is 10.9 Å². The molecule has 3 amide bonds. The fourth-order valence-corrected chi connectivity index (χ4v) is 4.64. The topological polar surface area (TPSA) is 86.9 Å². The largest absolute Gasteiger partial charge is 0.497 e. The Balaban J connectivity index is 1.52. The average Bonchev–Trinajstić information content (AvgIpc) is 3.40. The summed E-state index contributed by atoms with van der Waals surface area (Å²) in [5.74, 6) is 1.22. The quantitative estimate of drug-likeness (QED) is 0.214. The van der Waals surface area contributed by atoms with Crippen LogP contribution in [0.15, 0.2) is 79.0 Å². The Labute approximate surface area is 235 Å². The number of H-pyrrole nitrogens is 1. The molecular formula is C32H38N4O4. The van der Waals surface area contributed by atoms with Crippen LogP contribution in [-0.2, 0) is 17.8 Å². The van der Waals surface area contributed by atoms with E-state index in [0.717, 1.165) is 40.6 Å². The molecule has 0 aliphatic carbocycles. The Kier molecular flexibility index (Phi) is 10.0. The van der Waals surface area contributed by atoms with E-state index in [4.69, 9.17) is 9.47 Å². The molecule has 8 heteroatoms. The Morgan fingerprint density at radius 2 is 1.62 bits per heavy atom. The predicted molar refractivity (Wildman–Crippen MR) is 159 cm³/mol. The molecule has 1 aromatic heterocycles. The summed E-state index contributed by atoms with van der Waals surface area (Å²) in [4.78, 5) is 33.9. The summed E-state index contributed by atoms with van der Waals surface area (Å²) in [5.41, 5.74) is 3.79. The molecule has 0 saturated carbocycles. The summed E-state index contributed by atoms with van der Waals surface area (Å²) in [6.07, 6.45) is 4.40. The number of benzene rings is 3. The van der Waals surface area contributed by atoms with Crippen molar-refractivity contribution in [3.63, 3.8) is 0 Å². The van der Waals surface area contributed by atoms with Gasteiger partial charge in [0.1, 0.15) is 18.0 Å². The summed E-state index contributed by atoms with van der Waals surface area (Å²) in [7, 11) is 3.20. The van der Waals surface area contributed by atoms with Crippen LogP contribution in [0.5, 0.6) is 11.5 Å². The van der Waals surface area contributed by atoms with E-state index in [1.807, 2.05) is 65.7 Å². The standard InChI is InChI=1S/C32H38N4O4/c1-4-5-19-36(32(38)34-29-12-8-9-13-30(29)40-3)23-31(37)35(22-24-14-16-26(39-2)17-15-24)20-18-25-21-33-28-11-7-6-10-27(25)28/h6-17,21,33H,4-5,18-20,22-23H2,1-3H3,(H,34,38). The molecule has 8 nitrogen and oxygen atoms in total. The number of ether oxygens (including phenoxy) is 2. The van der Waals surface area contributed by atoms with Gasteiger partial charge in [-0.3, -0.25) is 4.79 Å². The minimum Gasteiger partial charge on any atom is -0.497 e. The minimum absolute atomic E-state index is 0.0228. The van der Waals surface area contributed by atoms with Gasteiger partial charge in [0.15, 0.2) is 0 Å². The van der Waals surface area contributed by atoms with E-state index in [9.17, 15) is 9.59 Å². The lowest BCUT2D eigenvalue weighted by molar-refractivity contribution is -0.132. The molecule has 0 bridgehead atoms. The second-order valence-corrected chi connectivity index (χ2v) is 9.68. The van der Waals surface area contributed by atoms with Crippen molar-refractivity contribution in [2.75, 3.05) is 39.2 Å². The molecule has 0 aliphatic heterocycles. The number of hydrogen-bond donors (Lipinski definition) is 2. The zero-order valence-electron chi connectivity index (χ0n) is 23.5. The van der Waals surface area contributed by atoms with Gasteiger partial charge in [-0.05, 0) is 54.3 Å². The average molecular weight is 543 g/mol. The second-order valence-electron chi connectivity index (χ2n) is 9.68. The Morgan fingerprint density at radius 3 is 2.38 bits per heavy atom. The molecule has 1 heterocycles. The molecule has 40 heavy (non-hydrogen) atoms. The van der Waals surface area contributed by atoms with Gasteiger partial charge in [0, 0.05) is 36.7 Å². The van der Waals surface area contributed by atoms with Crippen LogP contribution in [0.3, 0.4) is 0 Å². The predicted octanol–water partition coefficient (Wildman–Crippen LogP) is 6.09. The number of carbonyl (C=O) groups excluding carboxylic acids is 2. The van der Waals surface area contributed by atoms with Gasteiger partial charge < -0.3 is 29.6 Å². The number of hydrogen-bond acceptors (Lipinski definition) is 4. The second kappa shape index (κ2) is 14.1. The first-order valence-electron chi connectivity index (χ1n) is 13.7. The SMILES string of the molecule is CCCCN(CC(=O)N(CCc1c[nH]c2ccccc12)Cc1ccc(OC)cc1)C(=O)Nc1ccccc1OC. The lowest BCUT2D eigenvalue weighted by Crippen LogP contribution is -2.45. The number of para-hydroxylation sites is 3. The van der Waals surface area contributed by atoms with Crippen LogP contribution in [0.2, 0.25) is 0 Å². The highest BCUT2D eigenvalue weighted by atomic mass is 16.5. The van der Waals surface area contributed by atoms with E-state index in [1.54, 1.807) is 31.3 Å². The smallest absolute Gasteiger partial charge is 0.322 e. The molecule has 0 fully saturated rings. The van der Waals surface area contributed by atoms with Gasteiger partial charge in [0.2, 0.25) is 5.91 Å². The van der Waals surface area contributed by atoms with Crippen LogP contribution in [0.1, 0.15) is 30.9 Å². The first-order valence-corrected chi connectivity index (χ1v) is 13.7. The molecule has 0 radical (unpaired) electrons. The third-order valence-electron chi connectivity index (χ3n) is 6.95. The first-order chi connectivity index (χ1) is 19.5. The lowest BCUT2D eigenvalue weighted by Gasteiger charge is -2.28. The van der Waals surface area contributed by atoms with E-state index in [0.29, 0.717) is 37.5 Å². The highest BCUT2D eigenvalue weighted by Gasteiger charge is 2.22. The van der Waals surface area contributed by atoms with Crippen molar-refractivity contribution in [1.82, 2.24) is 14.8 Å². The summed E-state index contributed by atoms with van der Waals surface area (Å²) < 4.78 is 10.7. The number of nitrogens with zero attached hydrogens (tertiary/aromatic N) is 2. The Bertz CT molecular complexity index is 1400. The number of methoxy groups -OCH3 is 2. The number of urea groups is 1. The van der Waals surface area contributed by atoms with Gasteiger partial charge in [-0.2, -0.15) is 0 Å². The molecule has 4 rings (SSSR count). The number of amides is 3. The number of unbranched alkanes of at least 4 members (excludes halogenated alkanes) is 1. The molecule has 3 aromatic carbocycles. The Hall–Kier alpha value is -4.46. The first kappa shape index (κ1) is 28.5. The highest BCUT2D eigenvalue weighted by Crippen LogP contribution is 2.24. The summed E-state index contributed by atoms with van der Waals surface area (Å²) in [5, 5.41) is 4.08. The number of anilines is 1. The van der Waals surface area contributed by atoms with Crippen molar-refractivity contribution in [1.29, 1.82) is 0 Å². The summed E-state index contributed by atoms with van der Waals surface area (Å²) in [6, 6.07) is 22.8. The highest BCUT2D eigenvalue weighted by molar-refractivity contribution is 5.93. The van der Waals surface area contributed by atoms with E-state index >= 15 is 0 Å². The van der Waals surface area contributed by atoms with Gasteiger partial charge in [0.25, 0.3) is 0 Å². The molecule has 4 aromatic rings. The summed E-state index contributed by atoms with van der Waals surface area (Å²) in [6.45, 7) is 3.46. The zero-order valence-corrected chi connectivity index (χ0v) is 23.5. The van der Waals surface area contributed by atoms with Gasteiger partial charge in [-0.25, -0.2) is 4.79 Å². The fraction of sp³-hybridized carbons (Fsp3) is 0.312. The minimum atomic E-state index is -0.327.